The van der Waals surface area contributed by atoms with Gasteiger partial charge in [0.15, 0.2) is 5.82 Å². The van der Waals surface area contributed by atoms with E-state index in [-0.39, 0.29) is 17.1 Å². The summed E-state index contributed by atoms with van der Waals surface area (Å²) in [6.07, 6.45) is 7.23. The predicted molar refractivity (Wildman–Crippen MR) is 126 cm³/mol. The van der Waals surface area contributed by atoms with Crippen molar-refractivity contribution in [1.29, 1.82) is 0 Å². The highest BCUT2D eigenvalue weighted by Gasteiger charge is 2.50. The number of carbonyl (C=O) groups is 1. The molecule has 1 aromatic carbocycles. The summed E-state index contributed by atoms with van der Waals surface area (Å²) in [7, 11) is 4.31. The lowest BCUT2D eigenvalue weighted by atomic mass is 9.69. The molecule has 1 aliphatic carbocycles. The Balaban J connectivity index is 1.34. The highest BCUT2D eigenvalue weighted by molar-refractivity contribution is 5.95. The smallest absolute Gasteiger partial charge is 0.322 e. The van der Waals surface area contributed by atoms with Crippen LogP contribution in [0, 0.1) is 13.8 Å². The molecule has 2 aromatic heterocycles. The molecule has 3 aromatic rings. The molecule has 0 unspecified atom stereocenters. The number of carbonyl (C=O) groups excluding carboxylic acids is 1. The lowest BCUT2D eigenvalue weighted by molar-refractivity contribution is 0.0658. The molecule has 0 radical (unpaired) electrons. The number of anilines is 1. The van der Waals surface area contributed by atoms with Gasteiger partial charge in [0.25, 0.3) is 0 Å². The molecule has 2 aliphatic rings. The third-order valence-corrected chi connectivity index (χ3v) is 7.49. The van der Waals surface area contributed by atoms with Crippen LogP contribution in [0.2, 0.25) is 0 Å². The van der Waals surface area contributed by atoms with Crippen molar-refractivity contribution in [3.63, 3.8) is 0 Å². The Morgan fingerprint density at radius 2 is 1.70 bits per heavy atom. The lowest BCUT2D eigenvalue weighted by Gasteiger charge is -2.48. The van der Waals surface area contributed by atoms with Crippen LogP contribution in [0.3, 0.4) is 0 Å². The van der Waals surface area contributed by atoms with Gasteiger partial charge in [0, 0.05) is 5.54 Å². The number of hydrogen-bond acceptors (Lipinski definition) is 6. The zero-order chi connectivity index (χ0) is 23.2. The Hall–Kier alpha value is -3.26. The average molecular weight is 447 g/mol. The molecule has 0 bridgehead atoms. The van der Waals surface area contributed by atoms with Crippen LogP contribution in [0.4, 0.5) is 10.5 Å². The summed E-state index contributed by atoms with van der Waals surface area (Å²) in [4.78, 5) is 26.1. The Morgan fingerprint density at radius 1 is 1.03 bits per heavy atom. The van der Waals surface area contributed by atoms with E-state index >= 15 is 0 Å². The van der Waals surface area contributed by atoms with Crippen LogP contribution in [0.1, 0.15) is 42.7 Å². The fraction of sp³-hybridized carbons (Fsp3) is 0.440. The van der Waals surface area contributed by atoms with E-state index in [0.29, 0.717) is 23.8 Å². The molecule has 172 valence electrons. The molecule has 1 saturated heterocycles. The van der Waals surface area contributed by atoms with Crippen molar-refractivity contribution in [2.75, 3.05) is 25.5 Å². The number of nitrogens with zero attached hydrogens (tertiary/aromatic N) is 5. The van der Waals surface area contributed by atoms with Gasteiger partial charge in [-0.15, -0.1) is 0 Å². The summed E-state index contributed by atoms with van der Waals surface area (Å²) in [5, 5.41) is 7.27. The van der Waals surface area contributed by atoms with Gasteiger partial charge in [-0.05, 0) is 59.2 Å². The van der Waals surface area contributed by atoms with E-state index in [9.17, 15) is 4.79 Å². The Kier molecular flexibility index (Phi) is 5.20. The fourth-order valence-corrected chi connectivity index (χ4v) is 5.48. The first-order valence-electron chi connectivity index (χ1n) is 11.4. The van der Waals surface area contributed by atoms with Crippen molar-refractivity contribution in [2.45, 2.75) is 50.6 Å². The van der Waals surface area contributed by atoms with Crippen LogP contribution in [0.25, 0.3) is 11.4 Å². The molecule has 2 fully saturated rings. The molecule has 3 heterocycles. The maximum absolute atomic E-state index is 13.0. The summed E-state index contributed by atoms with van der Waals surface area (Å²) in [5.74, 6) is 1.24. The summed E-state index contributed by atoms with van der Waals surface area (Å²) in [5.41, 5.74) is 3.36. The molecule has 8 nitrogen and oxygen atoms in total. The largest absolute Gasteiger partial charge is 0.361 e. The van der Waals surface area contributed by atoms with Crippen molar-refractivity contribution in [2.24, 2.45) is 0 Å². The Labute approximate surface area is 194 Å². The number of rotatable bonds is 4. The molecule has 0 atom stereocenters. The molecular formula is C25H30N6O2. The second-order valence-electron chi connectivity index (χ2n) is 9.55. The van der Waals surface area contributed by atoms with Gasteiger partial charge in [0.05, 0.1) is 41.4 Å². The fourth-order valence-electron chi connectivity index (χ4n) is 5.48. The van der Waals surface area contributed by atoms with Gasteiger partial charge in [0.1, 0.15) is 5.76 Å². The van der Waals surface area contributed by atoms with Crippen LogP contribution in [0.5, 0.6) is 0 Å². The van der Waals surface area contributed by atoms with E-state index in [1.54, 1.807) is 17.3 Å². The van der Waals surface area contributed by atoms with E-state index in [1.807, 2.05) is 13.8 Å². The van der Waals surface area contributed by atoms with E-state index in [2.05, 4.69) is 69.8 Å². The number of nitrogens with one attached hydrogen (secondary N) is 1. The lowest BCUT2D eigenvalue weighted by Crippen LogP contribution is -2.54. The van der Waals surface area contributed by atoms with Crippen molar-refractivity contribution in [1.82, 2.24) is 25.3 Å². The Bertz CT molecular complexity index is 1130. The summed E-state index contributed by atoms with van der Waals surface area (Å²) < 4.78 is 5.23. The van der Waals surface area contributed by atoms with Crippen molar-refractivity contribution in [3.8, 4) is 11.4 Å². The van der Waals surface area contributed by atoms with E-state index < -0.39 is 0 Å². The van der Waals surface area contributed by atoms with Gasteiger partial charge < -0.3 is 9.84 Å². The zero-order valence-electron chi connectivity index (χ0n) is 19.6. The summed E-state index contributed by atoms with van der Waals surface area (Å²) in [6.45, 7) is 4.34. The first-order chi connectivity index (χ1) is 15.8. The van der Waals surface area contributed by atoms with Gasteiger partial charge in [-0.1, -0.05) is 35.5 Å². The monoisotopic (exact) mass is 446 g/mol. The van der Waals surface area contributed by atoms with Gasteiger partial charge in [-0.25, -0.2) is 14.8 Å². The van der Waals surface area contributed by atoms with E-state index in [4.69, 9.17) is 4.52 Å². The number of benzene rings is 1. The van der Waals surface area contributed by atoms with Gasteiger partial charge in [0.2, 0.25) is 0 Å². The molecule has 8 heteroatoms. The molecule has 1 saturated carbocycles. The topological polar surface area (TPSA) is 87.4 Å². The van der Waals surface area contributed by atoms with Crippen molar-refractivity contribution < 1.29 is 9.32 Å². The number of aryl methyl sites for hydroxylation is 2. The highest BCUT2D eigenvalue weighted by atomic mass is 16.5. The van der Waals surface area contributed by atoms with Crippen molar-refractivity contribution >= 4 is 11.7 Å². The molecule has 2 amide bonds. The first-order valence-corrected chi connectivity index (χ1v) is 11.4. The molecule has 1 spiro atoms. The third-order valence-electron chi connectivity index (χ3n) is 7.49. The predicted octanol–water partition coefficient (Wildman–Crippen LogP) is 4.05. The Morgan fingerprint density at radius 3 is 2.27 bits per heavy atom. The SMILES string of the molecule is Cc1noc(C)c1-c1ncc(N2C[C@]3(CC[C@](c4ccccc4)(N(C)C)CC3)NC2=O)cn1. The van der Waals surface area contributed by atoms with E-state index in [0.717, 1.165) is 36.9 Å². The average Bonchev–Trinajstić information content (AvgIpc) is 3.33. The number of aromatic nitrogens is 3. The summed E-state index contributed by atoms with van der Waals surface area (Å²) in [6, 6.07) is 10.6. The number of hydrogen-bond donors (Lipinski definition) is 1. The zero-order valence-corrected chi connectivity index (χ0v) is 19.6. The minimum atomic E-state index is -0.230. The van der Waals surface area contributed by atoms with E-state index in [1.165, 1.54) is 5.56 Å². The minimum Gasteiger partial charge on any atom is -0.361 e. The first kappa shape index (κ1) is 21.6. The number of amides is 2. The minimum absolute atomic E-state index is 0.0102. The molecule has 5 rings (SSSR count). The molecule has 1 N–H and O–H groups in total. The maximum atomic E-state index is 13.0. The standard InChI is InChI=1S/C25H30N6O2/c1-17-21(18(2)33-29-17)22-26-14-20(15-27-22)31-16-24(28-23(31)32)10-12-25(13-11-24,30(3)4)19-8-6-5-7-9-19/h5-9,14-15H,10-13,16H2,1-4H3,(H,28,32)/t24-,25+. The van der Waals surface area contributed by atoms with Gasteiger partial charge >= 0.3 is 6.03 Å². The van der Waals surface area contributed by atoms with Crippen LogP contribution >= 0.6 is 0 Å². The van der Waals surface area contributed by atoms with Gasteiger partial charge in [-0.3, -0.25) is 9.80 Å². The van der Waals surface area contributed by atoms with Gasteiger partial charge in [-0.2, -0.15) is 0 Å². The molecule has 1 aliphatic heterocycles. The quantitative estimate of drug-likeness (QED) is 0.651. The second-order valence-corrected chi connectivity index (χ2v) is 9.55. The molecule has 33 heavy (non-hydrogen) atoms. The van der Waals surface area contributed by atoms with Crippen LogP contribution in [-0.2, 0) is 5.54 Å². The van der Waals surface area contributed by atoms with Crippen molar-refractivity contribution in [3.05, 3.63) is 59.7 Å². The van der Waals surface area contributed by atoms with Crippen LogP contribution < -0.4 is 10.2 Å². The second kappa shape index (κ2) is 7.95. The van der Waals surface area contributed by atoms with Crippen LogP contribution in [-0.4, -0.2) is 52.2 Å². The normalized spacial score (nSPS) is 25.1. The summed E-state index contributed by atoms with van der Waals surface area (Å²) >= 11 is 0. The highest BCUT2D eigenvalue weighted by Crippen LogP contribution is 2.46. The third kappa shape index (κ3) is 3.58. The van der Waals surface area contributed by atoms with Crippen LogP contribution in [0.15, 0.2) is 47.2 Å². The number of urea groups is 1. The maximum Gasteiger partial charge on any atom is 0.322 e. The molecular weight excluding hydrogens is 416 g/mol.